The van der Waals surface area contributed by atoms with Crippen molar-refractivity contribution in [2.75, 3.05) is 25.0 Å². The fourth-order valence-corrected chi connectivity index (χ4v) is 2.23. The third-order valence-electron chi connectivity index (χ3n) is 3.54. The first-order valence-corrected chi connectivity index (χ1v) is 7.65. The van der Waals surface area contributed by atoms with Crippen molar-refractivity contribution >= 4 is 11.8 Å². The van der Waals surface area contributed by atoms with Crippen LogP contribution in [-0.2, 0) is 4.74 Å². The molecule has 1 aliphatic heterocycles. The molecule has 3 heterocycles. The van der Waals surface area contributed by atoms with Crippen molar-refractivity contribution < 1.29 is 18.3 Å². The fraction of sp³-hybridized carbons (Fsp3) is 0.467. The number of nitrogens with one attached hydrogen (secondary N) is 1. The van der Waals surface area contributed by atoms with Crippen LogP contribution in [0.4, 0.5) is 15.0 Å². The number of carbonyl (C=O) groups excluding carboxylic acids is 1. The summed E-state index contributed by atoms with van der Waals surface area (Å²) in [5.74, 6) is 0.835. The highest BCUT2D eigenvalue weighted by molar-refractivity contribution is 5.88. The fourth-order valence-electron chi connectivity index (χ4n) is 2.23. The van der Waals surface area contributed by atoms with Crippen molar-refractivity contribution in [1.82, 2.24) is 20.1 Å². The van der Waals surface area contributed by atoms with Crippen molar-refractivity contribution in [3.05, 3.63) is 35.9 Å². The number of morpholine rings is 1. The molecule has 0 unspecified atom stereocenters. The maximum atomic E-state index is 12.9. The second-order valence-corrected chi connectivity index (χ2v) is 5.73. The lowest BCUT2D eigenvalue weighted by Gasteiger charge is -2.31. The van der Waals surface area contributed by atoms with Gasteiger partial charge in [-0.1, -0.05) is 13.8 Å². The molecule has 0 aliphatic carbocycles. The van der Waals surface area contributed by atoms with Gasteiger partial charge in [-0.2, -0.15) is 0 Å². The zero-order chi connectivity index (χ0) is 17.1. The summed E-state index contributed by atoms with van der Waals surface area (Å²) in [6, 6.07) is 2.29. The van der Waals surface area contributed by atoms with Gasteiger partial charge in [0.1, 0.15) is 11.6 Å². The van der Waals surface area contributed by atoms with Gasteiger partial charge in [0.2, 0.25) is 11.8 Å². The molecule has 3 rings (SSSR count). The minimum Gasteiger partial charge on any atom is -0.422 e. The third-order valence-corrected chi connectivity index (χ3v) is 3.54. The van der Waals surface area contributed by atoms with Gasteiger partial charge in [-0.05, 0) is 12.1 Å². The van der Waals surface area contributed by atoms with Gasteiger partial charge in [-0.15, -0.1) is 10.2 Å². The molecule has 2 aromatic rings. The van der Waals surface area contributed by atoms with Gasteiger partial charge >= 0.3 is 6.03 Å². The van der Waals surface area contributed by atoms with E-state index in [1.165, 1.54) is 12.1 Å². The number of ether oxygens (including phenoxy) is 1. The van der Waals surface area contributed by atoms with Crippen LogP contribution in [0.2, 0.25) is 0 Å². The van der Waals surface area contributed by atoms with E-state index in [4.69, 9.17) is 9.15 Å². The molecule has 1 saturated heterocycles. The van der Waals surface area contributed by atoms with Gasteiger partial charge in [0.15, 0.2) is 6.10 Å². The van der Waals surface area contributed by atoms with E-state index in [1.54, 1.807) is 4.90 Å². The summed E-state index contributed by atoms with van der Waals surface area (Å²) in [4.78, 5) is 17.7. The summed E-state index contributed by atoms with van der Waals surface area (Å²) in [6.45, 7) is 4.97. The van der Waals surface area contributed by atoms with E-state index < -0.39 is 11.9 Å². The molecular weight excluding hydrogens is 317 g/mol. The zero-order valence-electron chi connectivity index (χ0n) is 13.4. The van der Waals surface area contributed by atoms with Crippen LogP contribution in [0, 0.1) is 5.82 Å². The number of pyridine rings is 1. The summed E-state index contributed by atoms with van der Waals surface area (Å²) in [5.41, 5.74) is 0. The molecule has 0 bridgehead atoms. The van der Waals surface area contributed by atoms with E-state index in [0.717, 1.165) is 6.20 Å². The van der Waals surface area contributed by atoms with Crippen molar-refractivity contribution in [2.45, 2.75) is 25.9 Å². The number of carbonyl (C=O) groups is 1. The maximum Gasteiger partial charge on any atom is 0.323 e. The number of amides is 2. The van der Waals surface area contributed by atoms with Crippen LogP contribution in [0.1, 0.15) is 37.7 Å². The summed E-state index contributed by atoms with van der Waals surface area (Å²) in [5, 5.41) is 10.6. The quantitative estimate of drug-likeness (QED) is 0.925. The average Bonchev–Trinajstić information content (AvgIpc) is 3.07. The van der Waals surface area contributed by atoms with Crippen LogP contribution < -0.4 is 5.32 Å². The molecule has 2 amide bonds. The smallest absolute Gasteiger partial charge is 0.323 e. The second-order valence-electron chi connectivity index (χ2n) is 5.73. The summed E-state index contributed by atoms with van der Waals surface area (Å²) >= 11 is 0. The normalized spacial score (nSPS) is 18.0. The molecule has 24 heavy (non-hydrogen) atoms. The minimum absolute atomic E-state index is 0.124. The van der Waals surface area contributed by atoms with Crippen LogP contribution in [0.5, 0.6) is 0 Å². The Kier molecular flexibility index (Phi) is 4.70. The average molecular weight is 335 g/mol. The molecule has 0 saturated carbocycles. The van der Waals surface area contributed by atoms with Crippen molar-refractivity contribution in [1.29, 1.82) is 0 Å². The first-order valence-electron chi connectivity index (χ1n) is 7.65. The topological polar surface area (TPSA) is 93.4 Å². The first kappa shape index (κ1) is 16.3. The van der Waals surface area contributed by atoms with Crippen LogP contribution in [0.3, 0.4) is 0 Å². The number of hydrogen-bond donors (Lipinski definition) is 1. The summed E-state index contributed by atoms with van der Waals surface area (Å²) in [7, 11) is 0. The molecule has 1 N–H and O–H groups in total. The van der Waals surface area contributed by atoms with Gasteiger partial charge in [0.25, 0.3) is 0 Å². The number of urea groups is 1. The number of aromatic nitrogens is 3. The van der Waals surface area contributed by atoms with E-state index in [-0.39, 0.29) is 24.3 Å². The molecule has 0 aromatic carbocycles. The Bertz CT molecular complexity index is 703. The van der Waals surface area contributed by atoms with E-state index in [2.05, 4.69) is 20.5 Å². The molecule has 1 atom stereocenters. The van der Waals surface area contributed by atoms with Crippen LogP contribution in [0.15, 0.2) is 22.7 Å². The summed E-state index contributed by atoms with van der Waals surface area (Å²) in [6.07, 6.45) is 0.578. The third kappa shape index (κ3) is 3.67. The molecular formula is C15H18FN5O3. The Morgan fingerprint density at radius 2 is 2.25 bits per heavy atom. The predicted octanol–water partition coefficient (Wildman–Crippen LogP) is 2.33. The monoisotopic (exact) mass is 335 g/mol. The maximum absolute atomic E-state index is 12.9. The number of nitrogens with zero attached hydrogens (tertiary/aromatic N) is 4. The standard InChI is InChI=1S/C15H18FN5O3/c1-9(2)13-19-20-14(24-13)11-8-21(5-6-23-11)15(22)18-12-4-3-10(16)7-17-12/h3-4,7,9,11H,5-6,8H2,1-2H3,(H,17,18,22)/t11-/m1/s1. The van der Waals surface area contributed by atoms with Gasteiger partial charge in [-0.3, -0.25) is 5.32 Å². The Balaban J connectivity index is 1.63. The van der Waals surface area contributed by atoms with Crippen molar-refractivity contribution in [2.24, 2.45) is 0 Å². The Labute approximate surface area is 138 Å². The largest absolute Gasteiger partial charge is 0.422 e. The molecule has 128 valence electrons. The highest BCUT2D eigenvalue weighted by atomic mass is 19.1. The highest BCUT2D eigenvalue weighted by Crippen LogP contribution is 2.23. The molecule has 0 spiro atoms. The molecule has 1 aliphatic rings. The molecule has 9 heteroatoms. The highest BCUT2D eigenvalue weighted by Gasteiger charge is 2.29. The van der Waals surface area contributed by atoms with Gasteiger partial charge in [0.05, 0.1) is 19.3 Å². The van der Waals surface area contributed by atoms with E-state index in [9.17, 15) is 9.18 Å². The van der Waals surface area contributed by atoms with E-state index >= 15 is 0 Å². The van der Waals surface area contributed by atoms with E-state index in [1.807, 2.05) is 13.8 Å². The van der Waals surface area contributed by atoms with Crippen LogP contribution >= 0.6 is 0 Å². The lowest BCUT2D eigenvalue weighted by molar-refractivity contribution is -0.0276. The number of halogens is 1. The second kappa shape index (κ2) is 6.91. The Hall–Kier alpha value is -2.55. The van der Waals surface area contributed by atoms with Crippen molar-refractivity contribution in [3.63, 3.8) is 0 Å². The van der Waals surface area contributed by atoms with Crippen LogP contribution in [-0.4, -0.2) is 45.8 Å². The lowest BCUT2D eigenvalue weighted by Crippen LogP contribution is -2.44. The lowest BCUT2D eigenvalue weighted by atomic mass is 10.2. The molecule has 0 radical (unpaired) electrons. The first-order chi connectivity index (χ1) is 11.5. The SMILES string of the molecule is CC(C)c1nnc([C@H]2CN(C(=O)Nc3ccc(F)cn3)CCO2)o1. The van der Waals surface area contributed by atoms with Gasteiger partial charge < -0.3 is 14.1 Å². The number of anilines is 1. The van der Waals surface area contributed by atoms with Gasteiger partial charge in [-0.25, -0.2) is 14.2 Å². The minimum atomic E-state index is -0.467. The van der Waals surface area contributed by atoms with E-state index in [0.29, 0.717) is 24.9 Å². The zero-order valence-corrected chi connectivity index (χ0v) is 13.4. The Morgan fingerprint density at radius 1 is 1.42 bits per heavy atom. The van der Waals surface area contributed by atoms with Crippen molar-refractivity contribution in [3.8, 4) is 0 Å². The van der Waals surface area contributed by atoms with Gasteiger partial charge in [0, 0.05) is 12.5 Å². The predicted molar refractivity (Wildman–Crippen MR) is 81.9 cm³/mol. The molecule has 2 aromatic heterocycles. The molecule has 1 fully saturated rings. The number of hydrogen-bond acceptors (Lipinski definition) is 6. The Morgan fingerprint density at radius 3 is 2.92 bits per heavy atom. The molecule has 8 nitrogen and oxygen atoms in total. The number of rotatable bonds is 3. The van der Waals surface area contributed by atoms with Crippen LogP contribution in [0.25, 0.3) is 0 Å². The summed E-state index contributed by atoms with van der Waals surface area (Å²) < 4.78 is 24.1.